The van der Waals surface area contributed by atoms with Crippen LogP contribution in [0.2, 0.25) is 0 Å². The lowest BCUT2D eigenvalue weighted by Crippen LogP contribution is -2.21. The quantitative estimate of drug-likeness (QED) is 0.0291. The van der Waals surface area contributed by atoms with E-state index in [0.717, 1.165) is 88.9 Å². The van der Waals surface area contributed by atoms with Crippen LogP contribution in [0.3, 0.4) is 0 Å². The van der Waals surface area contributed by atoms with E-state index in [-0.39, 0.29) is 46.8 Å². The average Bonchev–Trinajstić information content (AvgIpc) is 3.35. The van der Waals surface area contributed by atoms with E-state index in [0.29, 0.717) is 40.5 Å². The second-order valence-corrected chi connectivity index (χ2v) is 25.7. The van der Waals surface area contributed by atoms with Gasteiger partial charge >= 0.3 is 11.9 Å². The number of aliphatic hydroxyl groups is 2. The molecule has 6 aromatic rings. The van der Waals surface area contributed by atoms with Crippen LogP contribution in [-0.2, 0) is 44.5 Å². The maximum Gasteiger partial charge on any atom is 0.308 e. The number of hydrogen-bond acceptors (Lipinski definition) is 7. The molecular formula is C68H85BrO7. The van der Waals surface area contributed by atoms with Crippen LogP contribution in [0, 0.1) is 11.8 Å². The Kier molecular flexibility index (Phi) is 19.6. The van der Waals surface area contributed by atoms with E-state index in [4.69, 9.17) is 14.2 Å². The van der Waals surface area contributed by atoms with E-state index >= 15 is 0 Å². The molecule has 0 aliphatic heterocycles. The summed E-state index contributed by atoms with van der Waals surface area (Å²) in [7, 11) is 0. The molecule has 2 N–H and O–H groups in total. The van der Waals surface area contributed by atoms with Gasteiger partial charge < -0.3 is 24.4 Å². The summed E-state index contributed by atoms with van der Waals surface area (Å²) >= 11 is 4.15. The van der Waals surface area contributed by atoms with Gasteiger partial charge in [0.25, 0.3) is 0 Å². The minimum absolute atomic E-state index is 0.253. The summed E-state index contributed by atoms with van der Waals surface area (Å²) in [6.45, 7) is 30.9. The minimum atomic E-state index is -0.355. The van der Waals surface area contributed by atoms with Gasteiger partial charge in [-0.05, 0) is 136 Å². The van der Waals surface area contributed by atoms with Crippen LogP contribution in [0.15, 0.2) is 77.3 Å². The van der Waals surface area contributed by atoms with Gasteiger partial charge in [0.05, 0.1) is 19.8 Å². The van der Waals surface area contributed by atoms with Crippen molar-refractivity contribution in [3.63, 3.8) is 0 Å². The third-order valence-electron chi connectivity index (χ3n) is 14.3. The Labute approximate surface area is 463 Å². The van der Waals surface area contributed by atoms with Gasteiger partial charge in [-0.2, -0.15) is 0 Å². The molecule has 6 aromatic carbocycles. The van der Waals surface area contributed by atoms with Gasteiger partial charge in [-0.3, -0.25) is 9.59 Å². The summed E-state index contributed by atoms with van der Waals surface area (Å²) in [5.41, 5.74) is 9.09. The summed E-state index contributed by atoms with van der Waals surface area (Å²) in [5.74, 6) is 8.11. The van der Waals surface area contributed by atoms with Crippen LogP contribution in [0.1, 0.15) is 213 Å². The fourth-order valence-electron chi connectivity index (χ4n) is 10.1. The van der Waals surface area contributed by atoms with Crippen molar-refractivity contribution in [3.8, 4) is 51.3 Å². The Bertz CT molecular complexity index is 2890. The topological polar surface area (TPSA) is 102 Å². The highest BCUT2D eigenvalue weighted by Gasteiger charge is 2.31. The first-order chi connectivity index (χ1) is 35.7. The zero-order valence-electron chi connectivity index (χ0n) is 48.4. The van der Waals surface area contributed by atoms with Crippen LogP contribution < -0.4 is 14.2 Å². The largest absolute Gasteiger partial charge is 0.493 e. The number of benzene rings is 6. The highest BCUT2D eigenvalue weighted by atomic mass is 79.9. The van der Waals surface area contributed by atoms with Gasteiger partial charge in [0, 0.05) is 62.8 Å². The molecule has 0 unspecified atom stereocenters. The number of hydrogen-bond donors (Lipinski definition) is 2. The van der Waals surface area contributed by atoms with E-state index < -0.39 is 0 Å². The zero-order valence-corrected chi connectivity index (χ0v) is 50.0. The van der Waals surface area contributed by atoms with Gasteiger partial charge in [0.15, 0.2) is 0 Å². The van der Waals surface area contributed by atoms with E-state index in [1.807, 2.05) is 12.1 Å². The number of halogens is 1. The van der Waals surface area contributed by atoms with Crippen LogP contribution in [0.25, 0.3) is 43.8 Å². The van der Waals surface area contributed by atoms with Gasteiger partial charge in [0.2, 0.25) is 0 Å². The molecule has 0 atom stereocenters. The number of ether oxygens (including phenoxy) is 3. The molecule has 0 fully saturated rings. The highest BCUT2D eigenvalue weighted by molar-refractivity contribution is 9.10. The second-order valence-electron chi connectivity index (χ2n) is 24.9. The first kappa shape index (κ1) is 59.8. The molecule has 0 amide bonds. The van der Waals surface area contributed by atoms with Crippen molar-refractivity contribution in [1.82, 2.24) is 0 Å². The molecule has 0 bridgehead atoms. The van der Waals surface area contributed by atoms with Crippen molar-refractivity contribution in [1.29, 1.82) is 0 Å². The van der Waals surface area contributed by atoms with Crippen LogP contribution in [-0.4, -0.2) is 28.8 Å². The van der Waals surface area contributed by atoms with Gasteiger partial charge in [-0.15, -0.1) is 0 Å². The zero-order chi connectivity index (χ0) is 55.9. The van der Waals surface area contributed by atoms with Crippen molar-refractivity contribution >= 4 is 49.4 Å². The Morgan fingerprint density at radius 1 is 0.474 bits per heavy atom. The fourth-order valence-corrected chi connectivity index (χ4v) is 10.8. The number of fused-ring (bicyclic) bond motifs is 2. The average molecular weight is 1090 g/mol. The molecule has 8 heteroatoms. The molecule has 406 valence electrons. The van der Waals surface area contributed by atoms with Crippen molar-refractivity contribution in [2.45, 2.75) is 203 Å². The molecule has 6 rings (SSSR count). The lowest BCUT2D eigenvalue weighted by atomic mass is 9.77. The lowest BCUT2D eigenvalue weighted by molar-refractivity contribution is -0.133. The fraction of sp³-hybridized carbons (Fsp3) is 0.471. The number of esters is 2. The molecule has 0 aromatic heterocycles. The van der Waals surface area contributed by atoms with Crippen molar-refractivity contribution in [2.24, 2.45) is 0 Å². The van der Waals surface area contributed by atoms with E-state index in [1.54, 1.807) is 0 Å². The Hall–Kier alpha value is -5.46. The van der Waals surface area contributed by atoms with E-state index in [1.165, 1.54) is 65.2 Å². The highest BCUT2D eigenvalue weighted by Crippen LogP contribution is 2.47. The second kappa shape index (κ2) is 24.9. The lowest BCUT2D eigenvalue weighted by Gasteiger charge is -2.30. The Morgan fingerprint density at radius 2 is 0.842 bits per heavy atom. The van der Waals surface area contributed by atoms with Gasteiger partial charge in [0.1, 0.15) is 17.2 Å². The minimum Gasteiger partial charge on any atom is -0.493 e. The molecule has 0 radical (unpaired) electrons. The molecule has 0 spiro atoms. The standard InChI is InChI=1S/C68H85BrO7/c1-16-17-18-19-20-21-22-23-24-25-32-74-62-50(41-70)33-45(34-51(62)42-71)26-29-52-53-30-27-46(48-37-57(65(4,5)6)63(75-43(2)72)58(38-48)66(7,8)9)35-55(53)61(69)56-36-47(28-31-54(52)56)49-39-59(67(10,11)12)64(76-44(3)73)60(40-49)68(13,14)15/h27-28,30-31,33-40,70-71H,16-25,32,41-42H2,1-15H3. The number of unbranched alkanes of at least 4 members (excludes halogenated alkanes) is 9. The van der Waals surface area contributed by atoms with Crippen molar-refractivity contribution in [3.05, 3.63) is 122 Å². The van der Waals surface area contributed by atoms with E-state index in [9.17, 15) is 19.8 Å². The Balaban J connectivity index is 1.53. The number of rotatable bonds is 18. The summed E-state index contributed by atoms with van der Waals surface area (Å²) in [6.07, 6.45) is 12.2. The van der Waals surface area contributed by atoms with Crippen LogP contribution >= 0.6 is 15.9 Å². The van der Waals surface area contributed by atoms with Crippen LogP contribution in [0.4, 0.5) is 0 Å². The molecule has 0 heterocycles. The summed E-state index contributed by atoms with van der Waals surface area (Å²) < 4.78 is 19.3. The smallest absolute Gasteiger partial charge is 0.308 e. The van der Waals surface area contributed by atoms with E-state index in [2.05, 4.69) is 178 Å². The summed E-state index contributed by atoms with van der Waals surface area (Å²) in [4.78, 5) is 25.2. The summed E-state index contributed by atoms with van der Waals surface area (Å²) in [5, 5.41) is 25.2. The number of carbonyl (C=O) groups excluding carboxylic acids is 2. The predicted molar refractivity (Wildman–Crippen MR) is 319 cm³/mol. The molecule has 0 saturated carbocycles. The first-order valence-electron chi connectivity index (χ1n) is 27.6. The summed E-state index contributed by atoms with van der Waals surface area (Å²) in [6, 6.07) is 25.4. The van der Waals surface area contributed by atoms with Crippen molar-refractivity contribution < 1.29 is 34.0 Å². The monoisotopic (exact) mass is 1090 g/mol. The SMILES string of the molecule is CCCCCCCCCCCCOc1c(CO)cc(C#Cc2c3ccc(-c4cc(C(C)(C)C)c(OC(C)=O)c(C(C)(C)C)c4)cc3c(Br)c3cc(-c4cc(C(C)(C)C)c(OC(C)=O)c(C(C)(C)C)c4)ccc23)cc1CO. The molecule has 0 saturated heterocycles. The predicted octanol–water partition coefficient (Wildman–Crippen LogP) is 17.8. The first-order valence-corrected chi connectivity index (χ1v) is 28.4. The number of aliphatic hydroxyl groups excluding tert-OH is 2. The van der Waals surface area contributed by atoms with Gasteiger partial charge in [-0.1, -0.05) is 184 Å². The molecule has 76 heavy (non-hydrogen) atoms. The molecular weight excluding hydrogens is 1010 g/mol. The molecule has 0 aliphatic carbocycles. The number of carbonyl (C=O) groups is 2. The maximum atomic E-state index is 12.6. The third kappa shape index (κ3) is 14.6. The van der Waals surface area contributed by atoms with Crippen LogP contribution in [0.5, 0.6) is 17.2 Å². The van der Waals surface area contributed by atoms with Gasteiger partial charge in [-0.25, -0.2) is 0 Å². The maximum absolute atomic E-state index is 12.6. The van der Waals surface area contributed by atoms with Crippen molar-refractivity contribution in [2.75, 3.05) is 6.61 Å². The molecule has 7 nitrogen and oxygen atoms in total. The normalized spacial score (nSPS) is 12.2. The third-order valence-corrected chi connectivity index (χ3v) is 15.1. The Morgan fingerprint density at radius 3 is 1.18 bits per heavy atom. The molecule has 0 aliphatic rings.